The van der Waals surface area contributed by atoms with E-state index in [1.807, 2.05) is 11.0 Å². The molecule has 0 bridgehead atoms. The van der Waals surface area contributed by atoms with Gasteiger partial charge in [-0.25, -0.2) is 4.98 Å². The van der Waals surface area contributed by atoms with E-state index in [1.165, 1.54) is 0 Å². The zero-order chi connectivity index (χ0) is 14.8. The maximum Gasteiger partial charge on any atom is 0.251 e. The summed E-state index contributed by atoms with van der Waals surface area (Å²) in [5.41, 5.74) is 1.73. The molecule has 2 amide bonds. The van der Waals surface area contributed by atoms with E-state index in [0.717, 1.165) is 49.3 Å². The normalized spacial score (nSPS) is 18.9. The minimum atomic E-state index is -0.0203. The molecule has 0 atom stereocenters. The van der Waals surface area contributed by atoms with Crippen molar-refractivity contribution in [2.24, 2.45) is 0 Å². The van der Waals surface area contributed by atoms with Crippen molar-refractivity contribution in [2.45, 2.75) is 32.2 Å². The lowest BCUT2D eigenvalue weighted by atomic mass is 10.0. The standard InChI is InChI=1S/C15H20N4O2/c1-10(20)19-6-3-12(4-7-19)18-14-8-13-11(9-17-14)2-5-16-15(13)21/h8-9,12H,2-7H2,1H3,(H,16,21)(H,17,18). The molecule has 6 heteroatoms. The quantitative estimate of drug-likeness (QED) is 0.844. The van der Waals surface area contributed by atoms with Gasteiger partial charge in [-0.2, -0.15) is 0 Å². The number of rotatable bonds is 2. The largest absolute Gasteiger partial charge is 0.367 e. The number of hydrogen-bond acceptors (Lipinski definition) is 4. The zero-order valence-corrected chi connectivity index (χ0v) is 12.2. The molecule has 21 heavy (non-hydrogen) atoms. The molecule has 3 heterocycles. The number of hydrogen-bond donors (Lipinski definition) is 2. The summed E-state index contributed by atoms with van der Waals surface area (Å²) in [6.07, 6.45) is 4.45. The third-order valence-electron chi connectivity index (χ3n) is 4.20. The molecule has 0 radical (unpaired) electrons. The van der Waals surface area contributed by atoms with Gasteiger partial charge >= 0.3 is 0 Å². The van der Waals surface area contributed by atoms with Crippen LogP contribution in [0.15, 0.2) is 12.3 Å². The van der Waals surface area contributed by atoms with Crippen molar-refractivity contribution in [3.63, 3.8) is 0 Å². The summed E-state index contributed by atoms with van der Waals surface area (Å²) in [4.78, 5) is 29.4. The fraction of sp³-hybridized carbons (Fsp3) is 0.533. The fourth-order valence-electron chi connectivity index (χ4n) is 2.93. The van der Waals surface area contributed by atoms with Gasteiger partial charge in [0, 0.05) is 44.4 Å². The number of aromatic nitrogens is 1. The Morgan fingerprint density at radius 3 is 2.90 bits per heavy atom. The lowest BCUT2D eigenvalue weighted by Gasteiger charge is -2.32. The van der Waals surface area contributed by atoms with Crippen LogP contribution in [0.3, 0.4) is 0 Å². The van der Waals surface area contributed by atoms with Crippen LogP contribution < -0.4 is 10.6 Å². The molecule has 1 fully saturated rings. The number of piperidine rings is 1. The van der Waals surface area contributed by atoms with Crippen molar-refractivity contribution in [3.05, 3.63) is 23.4 Å². The summed E-state index contributed by atoms with van der Waals surface area (Å²) in [6.45, 7) is 3.85. The van der Waals surface area contributed by atoms with Crippen LogP contribution in [0, 0.1) is 0 Å². The smallest absolute Gasteiger partial charge is 0.251 e. The third-order valence-corrected chi connectivity index (χ3v) is 4.20. The Balaban J connectivity index is 1.65. The van der Waals surface area contributed by atoms with Crippen molar-refractivity contribution in [1.82, 2.24) is 15.2 Å². The predicted molar refractivity (Wildman–Crippen MR) is 79.2 cm³/mol. The zero-order valence-electron chi connectivity index (χ0n) is 12.2. The van der Waals surface area contributed by atoms with Crippen LogP contribution in [0.25, 0.3) is 0 Å². The molecule has 0 unspecified atom stereocenters. The molecular formula is C15H20N4O2. The Morgan fingerprint density at radius 1 is 1.43 bits per heavy atom. The minimum Gasteiger partial charge on any atom is -0.367 e. The number of amides is 2. The molecule has 1 saturated heterocycles. The molecule has 2 N–H and O–H groups in total. The molecule has 3 rings (SSSR count). The van der Waals surface area contributed by atoms with Gasteiger partial charge in [-0.05, 0) is 30.9 Å². The van der Waals surface area contributed by atoms with Crippen LogP contribution in [0.2, 0.25) is 0 Å². The van der Waals surface area contributed by atoms with Gasteiger partial charge in [-0.1, -0.05) is 0 Å². The predicted octanol–water partition coefficient (Wildman–Crippen LogP) is 0.790. The van der Waals surface area contributed by atoms with E-state index in [0.29, 0.717) is 12.6 Å². The molecule has 0 spiro atoms. The highest BCUT2D eigenvalue weighted by Crippen LogP contribution is 2.19. The van der Waals surface area contributed by atoms with Crippen molar-refractivity contribution >= 4 is 17.6 Å². The van der Waals surface area contributed by atoms with E-state index in [-0.39, 0.29) is 11.8 Å². The van der Waals surface area contributed by atoms with Crippen molar-refractivity contribution in [1.29, 1.82) is 0 Å². The highest BCUT2D eigenvalue weighted by molar-refractivity contribution is 5.97. The number of carbonyl (C=O) groups excluding carboxylic acids is 2. The Labute approximate surface area is 123 Å². The van der Waals surface area contributed by atoms with Crippen LogP contribution in [0.1, 0.15) is 35.7 Å². The SMILES string of the molecule is CC(=O)N1CCC(Nc2cc3c(cn2)CCNC3=O)CC1. The molecule has 2 aliphatic rings. The van der Waals surface area contributed by atoms with E-state index in [1.54, 1.807) is 13.1 Å². The van der Waals surface area contributed by atoms with Gasteiger partial charge in [0.1, 0.15) is 5.82 Å². The Kier molecular flexibility index (Phi) is 3.77. The number of nitrogens with zero attached hydrogens (tertiary/aromatic N) is 2. The number of nitrogens with one attached hydrogen (secondary N) is 2. The van der Waals surface area contributed by atoms with Crippen LogP contribution >= 0.6 is 0 Å². The second kappa shape index (κ2) is 5.71. The first-order valence-corrected chi connectivity index (χ1v) is 7.42. The molecule has 2 aliphatic heterocycles. The molecule has 112 valence electrons. The lowest BCUT2D eigenvalue weighted by molar-refractivity contribution is -0.129. The Hall–Kier alpha value is -2.11. The Bertz CT molecular complexity index is 565. The first-order chi connectivity index (χ1) is 10.1. The highest BCUT2D eigenvalue weighted by Gasteiger charge is 2.22. The number of anilines is 1. The van der Waals surface area contributed by atoms with Crippen molar-refractivity contribution in [3.8, 4) is 0 Å². The third kappa shape index (κ3) is 2.99. The average Bonchev–Trinajstić information content (AvgIpc) is 2.49. The minimum absolute atomic E-state index is 0.0203. The van der Waals surface area contributed by atoms with Gasteiger partial charge < -0.3 is 15.5 Å². The topological polar surface area (TPSA) is 74.3 Å². The number of fused-ring (bicyclic) bond motifs is 1. The average molecular weight is 288 g/mol. The molecule has 6 nitrogen and oxygen atoms in total. The summed E-state index contributed by atoms with van der Waals surface area (Å²) in [5, 5.41) is 6.23. The maximum atomic E-state index is 11.8. The number of likely N-dealkylation sites (tertiary alicyclic amines) is 1. The first kappa shape index (κ1) is 13.9. The number of pyridine rings is 1. The Morgan fingerprint density at radius 2 is 2.19 bits per heavy atom. The van der Waals surface area contributed by atoms with E-state index >= 15 is 0 Å². The summed E-state index contributed by atoms with van der Waals surface area (Å²) in [7, 11) is 0. The fourth-order valence-corrected chi connectivity index (χ4v) is 2.93. The lowest BCUT2D eigenvalue weighted by Crippen LogP contribution is -2.41. The van der Waals surface area contributed by atoms with E-state index in [9.17, 15) is 9.59 Å². The second-order valence-electron chi connectivity index (χ2n) is 5.66. The number of carbonyl (C=O) groups is 2. The summed E-state index contributed by atoms with van der Waals surface area (Å²) >= 11 is 0. The molecule has 1 aromatic rings. The van der Waals surface area contributed by atoms with Crippen LogP contribution in [0.5, 0.6) is 0 Å². The van der Waals surface area contributed by atoms with Crippen molar-refractivity contribution in [2.75, 3.05) is 25.0 Å². The van der Waals surface area contributed by atoms with Gasteiger partial charge in [-0.15, -0.1) is 0 Å². The van der Waals surface area contributed by atoms with Crippen LogP contribution in [0.4, 0.5) is 5.82 Å². The van der Waals surface area contributed by atoms with Gasteiger partial charge in [0.2, 0.25) is 5.91 Å². The van der Waals surface area contributed by atoms with Crippen LogP contribution in [-0.4, -0.2) is 47.4 Å². The van der Waals surface area contributed by atoms with Gasteiger partial charge in [0.25, 0.3) is 5.91 Å². The molecule has 1 aromatic heterocycles. The highest BCUT2D eigenvalue weighted by atomic mass is 16.2. The summed E-state index contributed by atoms with van der Waals surface area (Å²) < 4.78 is 0. The summed E-state index contributed by atoms with van der Waals surface area (Å²) in [5.74, 6) is 0.859. The first-order valence-electron chi connectivity index (χ1n) is 7.42. The van der Waals surface area contributed by atoms with E-state index < -0.39 is 0 Å². The van der Waals surface area contributed by atoms with Crippen LogP contribution in [-0.2, 0) is 11.2 Å². The molecule has 0 saturated carbocycles. The van der Waals surface area contributed by atoms with E-state index in [2.05, 4.69) is 15.6 Å². The molecular weight excluding hydrogens is 268 g/mol. The second-order valence-corrected chi connectivity index (χ2v) is 5.66. The maximum absolute atomic E-state index is 11.8. The van der Waals surface area contributed by atoms with Gasteiger partial charge in [0.15, 0.2) is 0 Å². The monoisotopic (exact) mass is 288 g/mol. The van der Waals surface area contributed by atoms with Gasteiger partial charge in [0.05, 0.1) is 0 Å². The van der Waals surface area contributed by atoms with Crippen molar-refractivity contribution < 1.29 is 9.59 Å². The van der Waals surface area contributed by atoms with E-state index in [4.69, 9.17) is 0 Å². The molecule has 0 aromatic carbocycles. The van der Waals surface area contributed by atoms with Gasteiger partial charge in [-0.3, -0.25) is 9.59 Å². The summed E-state index contributed by atoms with van der Waals surface area (Å²) in [6, 6.07) is 2.14. The molecule has 0 aliphatic carbocycles.